The monoisotopic (exact) mass is 282 g/mol. The first-order valence-electron chi connectivity index (χ1n) is 3.83. The van der Waals surface area contributed by atoms with Gasteiger partial charge in [0.2, 0.25) is 0 Å². The first kappa shape index (κ1) is 14.8. The highest BCUT2D eigenvalue weighted by molar-refractivity contribution is 7.82. The van der Waals surface area contributed by atoms with Crippen molar-refractivity contribution >= 4 is 45.4 Å². The fraction of sp³-hybridized carbons (Fsp3) is 1.00. The van der Waals surface area contributed by atoms with Crippen molar-refractivity contribution in [2.24, 2.45) is 0 Å². The maximum atomic E-state index is 10.9. The van der Waals surface area contributed by atoms with Crippen molar-refractivity contribution in [2.75, 3.05) is 24.8 Å². The summed E-state index contributed by atoms with van der Waals surface area (Å²) >= 11 is 7.89. The molecular formula is C6H12Cl2O4S2. The van der Waals surface area contributed by atoms with Crippen LogP contribution in [0.25, 0.3) is 0 Å². The van der Waals surface area contributed by atoms with Gasteiger partial charge in [-0.3, -0.25) is 8.37 Å². The van der Waals surface area contributed by atoms with E-state index in [1.807, 2.05) is 0 Å². The molecule has 0 aliphatic rings. The third-order valence-electron chi connectivity index (χ3n) is 1.01. The predicted octanol–water partition coefficient (Wildman–Crippen LogP) is 1.17. The van der Waals surface area contributed by atoms with Crippen LogP contribution in [0.3, 0.4) is 0 Å². The van der Waals surface area contributed by atoms with E-state index in [-0.39, 0.29) is 24.8 Å². The molecular weight excluding hydrogens is 271 g/mol. The summed E-state index contributed by atoms with van der Waals surface area (Å²) in [6.07, 6.45) is 0. The SMILES string of the molecule is CC(Cl)S(=O)OCCOS(=O)CCCl. The Hall–Kier alpha value is 0.800. The number of hydrogen-bond acceptors (Lipinski definition) is 4. The maximum absolute atomic E-state index is 10.9. The zero-order valence-corrected chi connectivity index (χ0v) is 10.8. The minimum Gasteiger partial charge on any atom is -0.288 e. The van der Waals surface area contributed by atoms with Crippen molar-refractivity contribution in [3.05, 3.63) is 0 Å². The van der Waals surface area contributed by atoms with Gasteiger partial charge in [0, 0.05) is 5.88 Å². The van der Waals surface area contributed by atoms with E-state index in [4.69, 9.17) is 31.6 Å². The molecule has 0 bridgehead atoms. The van der Waals surface area contributed by atoms with Gasteiger partial charge in [0.15, 0.2) is 22.2 Å². The molecule has 0 aliphatic carbocycles. The van der Waals surface area contributed by atoms with Gasteiger partial charge >= 0.3 is 0 Å². The van der Waals surface area contributed by atoms with Gasteiger partial charge in [0.05, 0.1) is 19.0 Å². The molecule has 3 unspecified atom stereocenters. The summed E-state index contributed by atoms with van der Waals surface area (Å²) in [4.78, 5) is 0. The molecule has 0 aromatic carbocycles. The zero-order chi connectivity index (χ0) is 11.0. The molecule has 3 atom stereocenters. The molecule has 0 rings (SSSR count). The summed E-state index contributed by atoms with van der Waals surface area (Å²) in [5, 5.41) is 0. The molecule has 0 aliphatic heterocycles. The average molecular weight is 283 g/mol. The Kier molecular flexibility index (Phi) is 9.57. The summed E-state index contributed by atoms with van der Waals surface area (Å²) in [6, 6.07) is 0. The van der Waals surface area contributed by atoms with Crippen LogP contribution in [-0.4, -0.2) is 38.0 Å². The Balaban J connectivity index is 3.38. The quantitative estimate of drug-likeness (QED) is 0.495. The lowest BCUT2D eigenvalue weighted by Crippen LogP contribution is -2.13. The van der Waals surface area contributed by atoms with E-state index in [1.165, 1.54) is 0 Å². The van der Waals surface area contributed by atoms with E-state index >= 15 is 0 Å². The zero-order valence-electron chi connectivity index (χ0n) is 7.61. The molecule has 0 heterocycles. The van der Waals surface area contributed by atoms with Gasteiger partial charge in [0.25, 0.3) is 0 Å². The van der Waals surface area contributed by atoms with Gasteiger partial charge in [-0.05, 0) is 6.92 Å². The van der Waals surface area contributed by atoms with Gasteiger partial charge in [-0.1, -0.05) is 0 Å². The third-order valence-corrected chi connectivity index (χ3v) is 3.75. The molecule has 4 nitrogen and oxygen atoms in total. The summed E-state index contributed by atoms with van der Waals surface area (Å²) in [5.74, 6) is 0.550. The highest BCUT2D eigenvalue weighted by atomic mass is 35.5. The van der Waals surface area contributed by atoms with Crippen LogP contribution >= 0.6 is 23.2 Å². The number of rotatable bonds is 8. The fourth-order valence-electron chi connectivity index (χ4n) is 0.459. The van der Waals surface area contributed by atoms with Crippen LogP contribution in [-0.2, 0) is 30.5 Å². The van der Waals surface area contributed by atoms with Crippen molar-refractivity contribution in [2.45, 2.75) is 11.6 Å². The Morgan fingerprint density at radius 2 is 1.86 bits per heavy atom. The van der Waals surface area contributed by atoms with Gasteiger partial charge in [-0.25, -0.2) is 8.42 Å². The number of hydrogen-bond donors (Lipinski definition) is 0. The van der Waals surface area contributed by atoms with Crippen molar-refractivity contribution in [1.29, 1.82) is 0 Å². The van der Waals surface area contributed by atoms with Crippen molar-refractivity contribution in [1.82, 2.24) is 0 Å². The highest BCUT2D eigenvalue weighted by Crippen LogP contribution is 2.02. The molecule has 8 heteroatoms. The molecule has 0 spiro atoms. The van der Waals surface area contributed by atoms with Crippen LogP contribution in [0.15, 0.2) is 0 Å². The predicted molar refractivity (Wildman–Crippen MR) is 59.1 cm³/mol. The average Bonchev–Trinajstić information content (AvgIpc) is 2.12. The Morgan fingerprint density at radius 1 is 1.29 bits per heavy atom. The first-order valence-corrected chi connectivity index (χ1v) is 7.18. The molecule has 0 N–H and O–H groups in total. The van der Waals surface area contributed by atoms with Gasteiger partial charge < -0.3 is 0 Å². The van der Waals surface area contributed by atoms with Gasteiger partial charge in [0.1, 0.15) is 4.71 Å². The minimum absolute atomic E-state index is 0.0949. The van der Waals surface area contributed by atoms with Crippen molar-refractivity contribution in [3.8, 4) is 0 Å². The lowest BCUT2D eigenvalue weighted by atomic mass is 10.8. The second kappa shape index (κ2) is 9.06. The van der Waals surface area contributed by atoms with Crippen LogP contribution in [0.4, 0.5) is 0 Å². The summed E-state index contributed by atoms with van der Waals surface area (Å²) < 4.78 is 30.8. The largest absolute Gasteiger partial charge is 0.288 e. The smallest absolute Gasteiger partial charge is 0.173 e. The molecule has 14 heavy (non-hydrogen) atoms. The first-order chi connectivity index (χ1) is 6.57. The minimum atomic E-state index is -1.53. The second-order valence-corrected chi connectivity index (χ2v) is 6.15. The maximum Gasteiger partial charge on any atom is 0.173 e. The van der Waals surface area contributed by atoms with Crippen LogP contribution in [0.1, 0.15) is 6.92 Å². The van der Waals surface area contributed by atoms with E-state index < -0.39 is 26.9 Å². The molecule has 0 saturated heterocycles. The second-order valence-electron chi connectivity index (χ2n) is 2.14. The molecule has 0 fully saturated rings. The number of alkyl halides is 2. The molecule has 0 amide bonds. The summed E-state index contributed by atoms with van der Waals surface area (Å²) in [5.41, 5.74) is 0. The molecule has 0 aromatic heterocycles. The molecule has 0 aromatic rings. The van der Waals surface area contributed by atoms with Gasteiger partial charge in [-0.15, -0.1) is 23.2 Å². The normalized spacial score (nSPS) is 17.6. The van der Waals surface area contributed by atoms with E-state index in [1.54, 1.807) is 6.92 Å². The summed E-state index contributed by atoms with van der Waals surface area (Å²) in [6.45, 7) is 1.76. The molecule has 86 valence electrons. The lowest BCUT2D eigenvalue weighted by molar-refractivity contribution is 0.246. The van der Waals surface area contributed by atoms with Crippen molar-refractivity contribution in [3.63, 3.8) is 0 Å². The van der Waals surface area contributed by atoms with Crippen LogP contribution in [0.5, 0.6) is 0 Å². The van der Waals surface area contributed by atoms with E-state index in [0.717, 1.165) is 0 Å². The van der Waals surface area contributed by atoms with Crippen LogP contribution in [0.2, 0.25) is 0 Å². The number of halogens is 2. The van der Waals surface area contributed by atoms with E-state index in [9.17, 15) is 8.42 Å². The topological polar surface area (TPSA) is 52.6 Å². The van der Waals surface area contributed by atoms with E-state index in [0.29, 0.717) is 0 Å². The van der Waals surface area contributed by atoms with Crippen LogP contribution in [0, 0.1) is 0 Å². The summed E-state index contributed by atoms with van der Waals surface area (Å²) in [7, 11) is 0. The van der Waals surface area contributed by atoms with Crippen molar-refractivity contribution < 1.29 is 16.8 Å². The molecule has 0 saturated carbocycles. The Bertz CT molecular complexity index is 200. The van der Waals surface area contributed by atoms with Gasteiger partial charge in [-0.2, -0.15) is 0 Å². The molecule has 0 radical (unpaired) electrons. The Morgan fingerprint density at radius 3 is 2.36 bits per heavy atom. The van der Waals surface area contributed by atoms with E-state index in [2.05, 4.69) is 0 Å². The Labute approximate surface area is 98.6 Å². The third kappa shape index (κ3) is 8.14. The standard InChI is InChI=1S/C6H12Cl2O4S2/c1-6(8)14(10)12-4-3-11-13(9)5-2-7/h6H,2-5H2,1H3. The van der Waals surface area contributed by atoms with Crippen LogP contribution < -0.4 is 0 Å². The fourth-order valence-corrected chi connectivity index (χ4v) is 1.91. The highest BCUT2D eigenvalue weighted by Gasteiger charge is 2.07. The lowest BCUT2D eigenvalue weighted by Gasteiger charge is -2.04.